The van der Waals surface area contributed by atoms with Crippen molar-refractivity contribution in [3.05, 3.63) is 57.6 Å². The average Bonchev–Trinajstić information content (AvgIpc) is 2.74. The van der Waals surface area contributed by atoms with Gasteiger partial charge in [-0.1, -0.05) is 69.5 Å². The fraction of sp³-hybridized carbons (Fsp3) is 0.500. The highest BCUT2D eigenvalue weighted by molar-refractivity contribution is 7.91. The molecule has 8 heteroatoms. The molecule has 2 aromatic rings. The van der Waals surface area contributed by atoms with Crippen LogP contribution in [0.2, 0.25) is 10.0 Å². The van der Waals surface area contributed by atoms with Crippen LogP contribution in [0.5, 0.6) is 11.5 Å². The fourth-order valence-electron chi connectivity index (χ4n) is 3.16. The lowest BCUT2D eigenvalue weighted by atomic mass is 9.78. The topological polar surface area (TPSA) is 72.8 Å². The van der Waals surface area contributed by atoms with Crippen molar-refractivity contribution in [2.24, 2.45) is 0 Å². The van der Waals surface area contributed by atoms with Gasteiger partial charge in [0.15, 0.2) is 15.6 Å². The predicted octanol–water partition coefficient (Wildman–Crippen LogP) is 5.67. The Hall–Kier alpha value is -1.47. The number of aliphatic hydroxyl groups excluding tert-OH is 1. The molecule has 0 aliphatic carbocycles. The van der Waals surface area contributed by atoms with Gasteiger partial charge >= 0.3 is 0 Å². The second-order valence-corrected chi connectivity index (χ2v) is 11.5. The summed E-state index contributed by atoms with van der Waals surface area (Å²) in [5.74, 6) is 0.740. The van der Waals surface area contributed by atoms with E-state index >= 15 is 0 Å². The van der Waals surface area contributed by atoms with E-state index in [0.717, 1.165) is 24.0 Å². The van der Waals surface area contributed by atoms with Crippen LogP contribution in [0.3, 0.4) is 0 Å². The minimum Gasteiger partial charge on any atom is -0.491 e. The first-order valence-corrected chi connectivity index (χ1v) is 13.3. The molecule has 0 unspecified atom stereocenters. The van der Waals surface area contributed by atoms with E-state index in [9.17, 15) is 13.5 Å². The second kappa shape index (κ2) is 11.6. The van der Waals surface area contributed by atoms with Crippen LogP contribution in [0, 0.1) is 0 Å². The average molecular weight is 503 g/mol. The Labute approximate surface area is 201 Å². The van der Waals surface area contributed by atoms with E-state index in [1.165, 1.54) is 0 Å². The zero-order valence-corrected chi connectivity index (χ0v) is 21.4. The van der Waals surface area contributed by atoms with E-state index in [1.54, 1.807) is 19.1 Å². The lowest BCUT2D eigenvalue weighted by Gasteiger charge is -2.27. The minimum absolute atomic E-state index is 0.00623. The van der Waals surface area contributed by atoms with Crippen molar-refractivity contribution in [3.63, 3.8) is 0 Å². The lowest BCUT2D eigenvalue weighted by molar-refractivity contribution is 0.125. The number of unbranched alkanes of at least 4 members (excludes halogenated alkanes) is 1. The first-order chi connectivity index (χ1) is 15.0. The predicted molar refractivity (Wildman–Crippen MR) is 131 cm³/mol. The Kier molecular flexibility index (Phi) is 9.70. The Morgan fingerprint density at radius 1 is 1.00 bits per heavy atom. The Balaban J connectivity index is 2.11. The summed E-state index contributed by atoms with van der Waals surface area (Å²) in [6, 6.07) is 11.2. The molecular formula is C24H32Cl2O5S. The van der Waals surface area contributed by atoms with Crippen LogP contribution < -0.4 is 9.47 Å². The quantitative estimate of drug-likeness (QED) is 0.378. The van der Waals surface area contributed by atoms with Crippen LogP contribution in [-0.2, 0) is 15.3 Å². The molecule has 0 aliphatic rings. The van der Waals surface area contributed by atoms with Gasteiger partial charge in [0.1, 0.15) is 18.5 Å². The molecule has 1 atom stereocenters. The minimum atomic E-state index is -3.26. The molecule has 0 heterocycles. The number of aliphatic hydroxyl groups is 1. The van der Waals surface area contributed by atoms with Crippen LogP contribution in [0.25, 0.3) is 0 Å². The first kappa shape index (κ1) is 26.8. The number of sulfone groups is 1. The van der Waals surface area contributed by atoms with Crippen molar-refractivity contribution in [2.45, 2.75) is 52.1 Å². The SMILES string of the molecule is CCCCOc1c(Cl)cc(C(C)(C)c2ccc(OC[C@@H](O)CS(=O)(=O)CC)cc2)cc1Cl. The van der Waals surface area contributed by atoms with E-state index in [4.69, 9.17) is 32.7 Å². The molecule has 0 saturated carbocycles. The highest BCUT2D eigenvalue weighted by atomic mass is 35.5. The molecule has 0 aromatic heterocycles. The van der Waals surface area contributed by atoms with E-state index in [1.807, 2.05) is 24.3 Å². The van der Waals surface area contributed by atoms with Crippen LogP contribution in [0.15, 0.2) is 36.4 Å². The summed E-state index contributed by atoms with van der Waals surface area (Å²) in [4.78, 5) is 0. The molecule has 5 nitrogen and oxygen atoms in total. The molecule has 2 rings (SSSR count). The van der Waals surface area contributed by atoms with E-state index in [-0.39, 0.29) is 23.5 Å². The number of rotatable bonds is 12. The van der Waals surface area contributed by atoms with Crippen molar-refractivity contribution in [1.29, 1.82) is 0 Å². The van der Waals surface area contributed by atoms with Gasteiger partial charge in [-0.2, -0.15) is 0 Å². The molecule has 32 heavy (non-hydrogen) atoms. The highest BCUT2D eigenvalue weighted by Gasteiger charge is 2.26. The normalized spacial score (nSPS) is 13.1. The van der Waals surface area contributed by atoms with Crippen LogP contribution in [0.4, 0.5) is 0 Å². The van der Waals surface area contributed by atoms with Crippen molar-refractivity contribution >= 4 is 33.0 Å². The molecular weight excluding hydrogens is 471 g/mol. The number of hydrogen-bond acceptors (Lipinski definition) is 5. The molecule has 0 saturated heterocycles. The largest absolute Gasteiger partial charge is 0.491 e. The number of hydrogen-bond donors (Lipinski definition) is 1. The molecule has 0 amide bonds. The zero-order valence-electron chi connectivity index (χ0n) is 19.0. The maximum Gasteiger partial charge on any atom is 0.156 e. The van der Waals surface area contributed by atoms with E-state index in [2.05, 4.69) is 20.8 Å². The molecule has 0 bridgehead atoms. The van der Waals surface area contributed by atoms with Gasteiger partial charge in [0.25, 0.3) is 0 Å². The Morgan fingerprint density at radius 2 is 1.59 bits per heavy atom. The van der Waals surface area contributed by atoms with Gasteiger partial charge in [0.2, 0.25) is 0 Å². The second-order valence-electron chi connectivity index (χ2n) is 8.28. The number of halogens is 2. The van der Waals surface area contributed by atoms with E-state index < -0.39 is 15.9 Å². The third-order valence-corrected chi connectivity index (χ3v) is 7.70. The van der Waals surface area contributed by atoms with Crippen molar-refractivity contribution in [3.8, 4) is 11.5 Å². The summed E-state index contributed by atoms with van der Waals surface area (Å²) in [5, 5.41) is 10.9. The number of benzene rings is 2. The van der Waals surface area contributed by atoms with Gasteiger partial charge in [-0.25, -0.2) is 8.42 Å². The first-order valence-electron chi connectivity index (χ1n) is 10.7. The maximum atomic E-state index is 11.6. The molecule has 0 radical (unpaired) electrons. The molecule has 1 N–H and O–H groups in total. The standard InChI is InChI=1S/C24H32Cl2O5S/c1-5-7-12-30-23-21(25)13-18(14-22(23)26)24(3,4)17-8-10-20(11-9-17)31-15-19(27)16-32(28,29)6-2/h8-11,13-14,19,27H,5-7,12,15-16H2,1-4H3/t19-/m1/s1. The Bertz CT molecular complexity index is 965. The fourth-order valence-corrected chi connectivity index (χ4v) is 4.68. The summed E-state index contributed by atoms with van der Waals surface area (Å²) in [6.45, 7) is 8.26. The summed E-state index contributed by atoms with van der Waals surface area (Å²) >= 11 is 12.9. The zero-order chi connectivity index (χ0) is 23.9. The van der Waals surface area contributed by atoms with Gasteiger partial charge in [0, 0.05) is 11.2 Å². The van der Waals surface area contributed by atoms with Gasteiger partial charge in [-0.05, 0) is 41.8 Å². The van der Waals surface area contributed by atoms with Gasteiger partial charge < -0.3 is 14.6 Å². The van der Waals surface area contributed by atoms with Crippen molar-refractivity contribution in [1.82, 2.24) is 0 Å². The summed E-state index contributed by atoms with van der Waals surface area (Å²) < 4.78 is 34.5. The summed E-state index contributed by atoms with van der Waals surface area (Å²) in [7, 11) is -3.26. The molecule has 0 spiro atoms. The van der Waals surface area contributed by atoms with Gasteiger partial charge in [0.05, 0.1) is 22.4 Å². The third-order valence-electron chi connectivity index (χ3n) is 5.37. The maximum absolute atomic E-state index is 11.6. The van der Waals surface area contributed by atoms with Crippen molar-refractivity contribution in [2.75, 3.05) is 24.7 Å². The molecule has 0 aliphatic heterocycles. The van der Waals surface area contributed by atoms with Crippen molar-refractivity contribution < 1.29 is 23.0 Å². The highest BCUT2D eigenvalue weighted by Crippen LogP contribution is 2.40. The van der Waals surface area contributed by atoms with Crippen LogP contribution >= 0.6 is 23.2 Å². The summed E-state index contributed by atoms with van der Waals surface area (Å²) in [5.41, 5.74) is 1.58. The summed E-state index contributed by atoms with van der Waals surface area (Å²) in [6.07, 6.45) is 0.884. The molecule has 178 valence electrons. The third kappa shape index (κ3) is 7.27. The van der Waals surface area contributed by atoms with Crippen LogP contribution in [0.1, 0.15) is 51.7 Å². The molecule has 2 aromatic carbocycles. The van der Waals surface area contributed by atoms with Gasteiger partial charge in [-0.3, -0.25) is 0 Å². The van der Waals surface area contributed by atoms with Gasteiger partial charge in [-0.15, -0.1) is 0 Å². The monoisotopic (exact) mass is 502 g/mol. The number of ether oxygens (including phenoxy) is 2. The smallest absolute Gasteiger partial charge is 0.156 e. The van der Waals surface area contributed by atoms with Crippen LogP contribution in [-0.4, -0.2) is 44.3 Å². The Morgan fingerprint density at radius 3 is 2.12 bits per heavy atom. The lowest BCUT2D eigenvalue weighted by Crippen LogP contribution is -2.28. The molecule has 0 fully saturated rings. The van der Waals surface area contributed by atoms with E-state index in [0.29, 0.717) is 28.2 Å².